The first-order valence-electron chi connectivity index (χ1n) is 7.05. The van der Waals surface area contributed by atoms with Gasteiger partial charge in [0.15, 0.2) is 0 Å². The van der Waals surface area contributed by atoms with Gasteiger partial charge in [-0.15, -0.1) is 11.3 Å². The van der Waals surface area contributed by atoms with Crippen LogP contribution in [-0.2, 0) is 24.2 Å². The Morgan fingerprint density at radius 3 is 2.57 bits per heavy atom. The van der Waals surface area contributed by atoms with Crippen molar-refractivity contribution in [3.8, 4) is 0 Å². The van der Waals surface area contributed by atoms with E-state index in [2.05, 4.69) is 17.2 Å². The summed E-state index contributed by atoms with van der Waals surface area (Å²) in [7, 11) is 3.55. The van der Waals surface area contributed by atoms with E-state index in [1.165, 1.54) is 9.88 Å². The summed E-state index contributed by atoms with van der Waals surface area (Å²) in [6, 6.07) is 8.02. The molecule has 0 saturated carbocycles. The van der Waals surface area contributed by atoms with Gasteiger partial charge < -0.3 is 10.2 Å². The van der Waals surface area contributed by atoms with Crippen LogP contribution in [0.25, 0.3) is 0 Å². The molecule has 0 aliphatic heterocycles. The third-order valence-electron chi connectivity index (χ3n) is 3.18. The molecule has 0 spiro atoms. The molecular formula is C16H21N3OS. The molecule has 1 amide bonds. The Labute approximate surface area is 129 Å². The molecule has 5 heteroatoms. The minimum Gasteiger partial charge on any atom is -0.380 e. The van der Waals surface area contributed by atoms with Crippen LogP contribution in [0.1, 0.15) is 22.4 Å². The van der Waals surface area contributed by atoms with Crippen molar-refractivity contribution in [2.45, 2.75) is 26.3 Å². The molecule has 0 atom stereocenters. The summed E-state index contributed by atoms with van der Waals surface area (Å²) in [5.74, 6) is 0.118. The number of aryl methyl sites for hydroxylation is 1. The number of nitrogens with zero attached hydrogens (tertiary/aromatic N) is 2. The average Bonchev–Trinajstić information content (AvgIpc) is 2.94. The van der Waals surface area contributed by atoms with Crippen molar-refractivity contribution in [1.29, 1.82) is 0 Å². The van der Waals surface area contributed by atoms with Gasteiger partial charge in [0.1, 0.15) is 0 Å². The maximum absolute atomic E-state index is 11.6. The summed E-state index contributed by atoms with van der Waals surface area (Å²) in [6.45, 7) is 2.90. The molecule has 112 valence electrons. The van der Waals surface area contributed by atoms with E-state index in [0.29, 0.717) is 6.42 Å². The Kier molecular flexibility index (Phi) is 5.33. The van der Waals surface area contributed by atoms with Crippen LogP contribution in [0, 0.1) is 0 Å². The van der Waals surface area contributed by atoms with Crippen molar-refractivity contribution in [1.82, 2.24) is 9.88 Å². The van der Waals surface area contributed by atoms with Gasteiger partial charge in [0, 0.05) is 30.9 Å². The molecule has 0 aliphatic carbocycles. The van der Waals surface area contributed by atoms with Crippen molar-refractivity contribution >= 4 is 22.9 Å². The first-order valence-corrected chi connectivity index (χ1v) is 7.86. The topological polar surface area (TPSA) is 45.2 Å². The second-order valence-electron chi connectivity index (χ2n) is 5.09. The Hall–Kier alpha value is -1.88. The number of thiazole rings is 1. The monoisotopic (exact) mass is 303 g/mol. The lowest BCUT2D eigenvalue weighted by molar-refractivity contribution is -0.127. The van der Waals surface area contributed by atoms with Crippen molar-refractivity contribution in [2.24, 2.45) is 0 Å². The van der Waals surface area contributed by atoms with Gasteiger partial charge >= 0.3 is 0 Å². The zero-order valence-electron chi connectivity index (χ0n) is 12.7. The molecule has 0 unspecified atom stereocenters. The Balaban J connectivity index is 1.88. The van der Waals surface area contributed by atoms with Crippen LogP contribution in [0.4, 0.5) is 5.69 Å². The van der Waals surface area contributed by atoms with Crippen LogP contribution in [-0.4, -0.2) is 29.9 Å². The van der Waals surface area contributed by atoms with Crippen LogP contribution < -0.4 is 5.32 Å². The van der Waals surface area contributed by atoms with Crippen LogP contribution in [0.2, 0.25) is 0 Å². The second kappa shape index (κ2) is 7.22. The summed E-state index contributed by atoms with van der Waals surface area (Å²) in [5, 5.41) is 4.55. The molecule has 1 aromatic carbocycles. The molecule has 2 aromatic rings. The molecule has 0 aliphatic rings. The molecule has 0 bridgehead atoms. The lowest BCUT2D eigenvalue weighted by Crippen LogP contribution is -2.23. The number of carbonyl (C=O) groups is 1. The smallest absolute Gasteiger partial charge is 0.226 e. The van der Waals surface area contributed by atoms with Gasteiger partial charge in [-0.25, -0.2) is 4.98 Å². The maximum atomic E-state index is 11.6. The first kappa shape index (κ1) is 15.5. The first-order chi connectivity index (χ1) is 10.1. The van der Waals surface area contributed by atoms with Gasteiger partial charge in [0.25, 0.3) is 0 Å². The van der Waals surface area contributed by atoms with Gasteiger partial charge in [0.2, 0.25) is 5.91 Å². The molecule has 4 nitrogen and oxygen atoms in total. The second-order valence-corrected chi connectivity index (χ2v) is 6.29. The molecule has 2 rings (SSSR count). The summed E-state index contributed by atoms with van der Waals surface area (Å²) < 4.78 is 0. The van der Waals surface area contributed by atoms with Crippen molar-refractivity contribution in [2.75, 3.05) is 19.4 Å². The van der Waals surface area contributed by atoms with Gasteiger partial charge in [-0.2, -0.15) is 0 Å². The molecule has 0 fully saturated rings. The standard InChI is InChI=1S/C16H21N3OS/c1-4-15-18-11-14(21-15)10-17-13-7-5-12(6-8-13)9-16(20)19(2)3/h5-8,11,17H,4,9-10H2,1-3H3. The molecule has 1 aromatic heterocycles. The summed E-state index contributed by atoms with van der Waals surface area (Å²) in [5.41, 5.74) is 2.09. The number of hydrogen-bond donors (Lipinski definition) is 1. The highest BCUT2D eigenvalue weighted by Crippen LogP contribution is 2.16. The lowest BCUT2D eigenvalue weighted by atomic mass is 10.1. The fourth-order valence-corrected chi connectivity index (χ4v) is 2.66. The maximum Gasteiger partial charge on any atom is 0.226 e. The third kappa shape index (κ3) is 4.56. The summed E-state index contributed by atoms with van der Waals surface area (Å²) >= 11 is 1.74. The highest BCUT2D eigenvalue weighted by Gasteiger charge is 2.05. The van der Waals surface area contributed by atoms with Gasteiger partial charge in [-0.1, -0.05) is 19.1 Å². The number of hydrogen-bond acceptors (Lipinski definition) is 4. The van der Waals surface area contributed by atoms with E-state index in [9.17, 15) is 4.79 Å². The number of amides is 1. The minimum atomic E-state index is 0.118. The van der Waals surface area contributed by atoms with E-state index >= 15 is 0 Å². The van der Waals surface area contributed by atoms with Gasteiger partial charge in [-0.05, 0) is 24.1 Å². The molecular weight excluding hydrogens is 282 g/mol. The van der Waals surface area contributed by atoms with E-state index in [-0.39, 0.29) is 5.91 Å². The van der Waals surface area contributed by atoms with E-state index in [0.717, 1.165) is 24.2 Å². The van der Waals surface area contributed by atoms with Crippen molar-refractivity contribution in [3.05, 3.63) is 45.9 Å². The van der Waals surface area contributed by atoms with E-state index in [1.54, 1.807) is 30.3 Å². The fourth-order valence-electron chi connectivity index (χ4n) is 1.86. The van der Waals surface area contributed by atoms with Crippen LogP contribution in [0.5, 0.6) is 0 Å². The Morgan fingerprint density at radius 2 is 2.00 bits per heavy atom. The van der Waals surface area contributed by atoms with E-state index in [1.807, 2.05) is 30.5 Å². The molecule has 21 heavy (non-hydrogen) atoms. The number of likely N-dealkylation sites (N-methyl/N-ethyl adjacent to an activating group) is 1. The number of nitrogens with one attached hydrogen (secondary N) is 1. The van der Waals surface area contributed by atoms with E-state index in [4.69, 9.17) is 0 Å². The van der Waals surface area contributed by atoms with Crippen molar-refractivity contribution in [3.63, 3.8) is 0 Å². The fraction of sp³-hybridized carbons (Fsp3) is 0.375. The van der Waals surface area contributed by atoms with Crippen LogP contribution in [0.15, 0.2) is 30.5 Å². The number of anilines is 1. The van der Waals surface area contributed by atoms with Gasteiger partial charge in [0.05, 0.1) is 18.0 Å². The lowest BCUT2D eigenvalue weighted by Gasteiger charge is -2.10. The number of benzene rings is 1. The zero-order valence-corrected chi connectivity index (χ0v) is 13.5. The van der Waals surface area contributed by atoms with Crippen molar-refractivity contribution < 1.29 is 4.79 Å². The Bertz CT molecular complexity index is 590. The molecule has 0 saturated heterocycles. The third-order valence-corrected chi connectivity index (χ3v) is 4.32. The minimum absolute atomic E-state index is 0.118. The normalized spacial score (nSPS) is 10.4. The average molecular weight is 303 g/mol. The van der Waals surface area contributed by atoms with Gasteiger partial charge in [-0.3, -0.25) is 4.79 Å². The zero-order chi connectivity index (χ0) is 15.2. The number of carbonyl (C=O) groups excluding carboxylic acids is 1. The number of aromatic nitrogens is 1. The van der Waals surface area contributed by atoms with Crippen LogP contribution in [0.3, 0.4) is 0 Å². The molecule has 1 heterocycles. The number of rotatable bonds is 6. The molecule has 1 N–H and O–H groups in total. The summed E-state index contributed by atoms with van der Waals surface area (Å²) in [4.78, 5) is 18.8. The molecule has 0 radical (unpaired) electrons. The largest absolute Gasteiger partial charge is 0.380 e. The predicted molar refractivity (Wildman–Crippen MR) is 87.7 cm³/mol. The highest BCUT2D eigenvalue weighted by molar-refractivity contribution is 7.11. The quantitative estimate of drug-likeness (QED) is 0.892. The van der Waals surface area contributed by atoms with E-state index < -0.39 is 0 Å². The Morgan fingerprint density at radius 1 is 1.29 bits per heavy atom. The van der Waals surface area contributed by atoms with Crippen LogP contribution >= 0.6 is 11.3 Å². The summed E-state index contributed by atoms with van der Waals surface area (Å²) in [6.07, 6.45) is 3.36. The highest BCUT2D eigenvalue weighted by atomic mass is 32.1. The SMILES string of the molecule is CCc1ncc(CNc2ccc(CC(=O)N(C)C)cc2)s1. The predicted octanol–water partition coefficient (Wildman–Crippen LogP) is 2.95.